The lowest BCUT2D eigenvalue weighted by atomic mass is 9.91. The molecule has 4 aliphatic heterocycles. The largest absolute Gasteiger partial charge is 0.492 e. The van der Waals surface area contributed by atoms with E-state index < -0.39 is 14.6 Å². The molecule has 3 fully saturated rings. The molecule has 1 amide bonds. The van der Waals surface area contributed by atoms with Gasteiger partial charge in [0.1, 0.15) is 34.7 Å². The SMILES string of the molecule is Cc1[nH]nc(Nc2ncnc3cc(OCC4CCN(c5ncc(OC6CCN(C[C@H]7CN[C@H](C)CN7CC(=O)N7CC(C)(C)c8ncc(Cc9ccc(F)cc9)cc87)CC6)cn5)CC4)c(S(=O)(=O)C(C)(C)C)cc23)c1C. The number of carbonyl (C=O) groups is 1. The first kappa shape index (κ1) is 53.1. The van der Waals surface area contributed by atoms with Gasteiger partial charge in [-0.05, 0) is 115 Å². The van der Waals surface area contributed by atoms with Crippen molar-refractivity contribution in [1.29, 1.82) is 0 Å². The molecule has 3 saturated heterocycles. The zero-order valence-corrected chi connectivity index (χ0v) is 45.9. The van der Waals surface area contributed by atoms with Gasteiger partial charge < -0.3 is 34.8 Å². The minimum absolute atomic E-state index is 0.0481. The number of aryl methyl sites for hydroxylation is 1. The number of likely N-dealkylation sites (tertiary alicyclic amines) is 1. The first-order valence-electron chi connectivity index (χ1n) is 26.7. The number of benzene rings is 2. The summed E-state index contributed by atoms with van der Waals surface area (Å²) in [7, 11) is -3.83. The average Bonchev–Trinajstić information content (AvgIpc) is 3.86. The Morgan fingerprint density at radius 3 is 2.34 bits per heavy atom. The van der Waals surface area contributed by atoms with E-state index in [1.807, 2.05) is 24.9 Å². The molecule has 0 spiro atoms. The summed E-state index contributed by atoms with van der Waals surface area (Å²) in [6, 6.07) is 12.4. The van der Waals surface area contributed by atoms with Crippen molar-refractivity contribution >= 4 is 49.9 Å². The third-order valence-corrected chi connectivity index (χ3v) is 18.2. The maximum atomic E-state index is 14.3. The van der Waals surface area contributed by atoms with Crippen LogP contribution in [0, 0.1) is 25.6 Å². The lowest BCUT2D eigenvalue weighted by molar-refractivity contribution is -0.120. The van der Waals surface area contributed by atoms with Crippen molar-refractivity contribution in [3.63, 3.8) is 0 Å². The number of amides is 1. The number of piperidine rings is 2. The van der Waals surface area contributed by atoms with Crippen LogP contribution in [0.3, 0.4) is 0 Å². The molecular formula is C56H72FN13O5S. The molecule has 8 heterocycles. The third kappa shape index (κ3) is 11.5. The number of ether oxygens (including phenoxy) is 2. The molecule has 0 saturated carbocycles. The van der Waals surface area contributed by atoms with Crippen molar-refractivity contribution in [2.75, 3.05) is 80.6 Å². The average molecular weight is 1060 g/mol. The quantitative estimate of drug-likeness (QED) is 0.0923. The predicted octanol–water partition coefficient (Wildman–Crippen LogP) is 7.33. The number of halogens is 1. The molecule has 4 aliphatic rings. The Kier molecular flexibility index (Phi) is 15.1. The van der Waals surface area contributed by atoms with Gasteiger partial charge in [0.05, 0.1) is 47.2 Å². The second-order valence-electron chi connectivity index (χ2n) is 23.0. The molecule has 0 aliphatic carbocycles. The van der Waals surface area contributed by atoms with E-state index >= 15 is 0 Å². The topological polar surface area (TPSA) is 200 Å². The van der Waals surface area contributed by atoms with E-state index in [2.05, 4.69) is 72.3 Å². The summed E-state index contributed by atoms with van der Waals surface area (Å²) in [6.07, 6.45) is 10.9. The maximum absolute atomic E-state index is 14.3. The molecule has 6 aromatic rings. The van der Waals surface area contributed by atoms with Crippen LogP contribution in [-0.2, 0) is 26.5 Å². The third-order valence-electron chi connectivity index (χ3n) is 15.7. The molecule has 10 rings (SSSR count). The maximum Gasteiger partial charge on any atom is 0.241 e. The molecule has 4 aromatic heterocycles. The van der Waals surface area contributed by atoms with Crippen LogP contribution < -0.4 is 29.9 Å². The second-order valence-corrected chi connectivity index (χ2v) is 25.6. The van der Waals surface area contributed by atoms with Crippen molar-refractivity contribution in [1.82, 2.24) is 50.2 Å². The minimum atomic E-state index is -3.83. The number of fused-ring (bicyclic) bond motifs is 2. The number of anilines is 4. The van der Waals surface area contributed by atoms with Crippen LogP contribution in [0.15, 0.2) is 72.3 Å². The molecule has 3 N–H and O–H groups in total. The van der Waals surface area contributed by atoms with Gasteiger partial charge in [-0.1, -0.05) is 26.0 Å². The van der Waals surface area contributed by atoms with E-state index in [4.69, 9.17) is 24.4 Å². The van der Waals surface area contributed by atoms with Gasteiger partial charge in [-0.25, -0.2) is 32.7 Å². The van der Waals surface area contributed by atoms with Crippen LogP contribution in [0.25, 0.3) is 10.9 Å². The van der Waals surface area contributed by atoms with Crippen molar-refractivity contribution in [2.45, 2.75) is 121 Å². The van der Waals surface area contributed by atoms with E-state index in [-0.39, 0.29) is 51.9 Å². The van der Waals surface area contributed by atoms with Gasteiger partial charge in [0, 0.05) is 98.8 Å². The number of carbonyl (C=O) groups excluding carboxylic acids is 1. The van der Waals surface area contributed by atoms with E-state index in [9.17, 15) is 17.6 Å². The second kappa shape index (κ2) is 21.6. The summed E-state index contributed by atoms with van der Waals surface area (Å²) in [5, 5.41) is 14.8. The van der Waals surface area contributed by atoms with Gasteiger partial charge >= 0.3 is 0 Å². The highest BCUT2D eigenvalue weighted by Gasteiger charge is 2.41. The van der Waals surface area contributed by atoms with Gasteiger partial charge in [-0.3, -0.25) is 19.8 Å². The predicted molar refractivity (Wildman–Crippen MR) is 292 cm³/mol. The fourth-order valence-corrected chi connectivity index (χ4v) is 12.2. The van der Waals surface area contributed by atoms with Crippen LogP contribution in [0.1, 0.15) is 95.3 Å². The number of sulfone groups is 1. The molecule has 0 unspecified atom stereocenters. The lowest BCUT2D eigenvalue weighted by Crippen LogP contribution is -2.61. The van der Waals surface area contributed by atoms with Crippen LogP contribution in [0.2, 0.25) is 0 Å². The van der Waals surface area contributed by atoms with Gasteiger partial charge in [0.2, 0.25) is 11.9 Å². The number of pyridine rings is 1. The molecule has 0 radical (unpaired) electrons. The standard InChI is InChI=1S/C56H72FN13O5S/c1-35-29-69(31-50(71)70-33-56(7,8)51-47(70)22-40(25-59-51)21-38-9-11-41(57)12-10-38)42(26-58-35)30-67-17-15-43(16-18-67)75-44-27-60-54(61-28-44)68-19-13-39(14-20-68)32-74-48-24-46-45(23-49(48)76(72,73)55(4,5)6)53(63-34-62-46)64-52-36(2)37(3)65-66-52/h9-12,22-25,27-28,34-35,39,42-43,58H,13-21,26,29-33H2,1-8H3,(H2,62,63,64,65,66)/t35-,42-/m1/s1. The molecule has 2 atom stereocenters. The minimum Gasteiger partial charge on any atom is -0.492 e. The molecule has 20 heteroatoms. The van der Waals surface area contributed by atoms with Crippen molar-refractivity contribution in [2.24, 2.45) is 5.92 Å². The Bertz CT molecular complexity index is 3150. The Hall–Kier alpha value is -6.35. The van der Waals surface area contributed by atoms with Crippen molar-refractivity contribution < 1.29 is 27.1 Å². The molecule has 76 heavy (non-hydrogen) atoms. The highest BCUT2D eigenvalue weighted by Crippen LogP contribution is 2.41. The summed E-state index contributed by atoms with van der Waals surface area (Å²) >= 11 is 0. The van der Waals surface area contributed by atoms with Gasteiger partial charge in [0.25, 0.3) is 0 Å². The Labute approximate surface area is 445 Å². The molecule has 18 nitrogen and oxygen atoms in total. The Balaban J connectivity index is 0.700. The first-order valence-corrected chi connectivity index (χ1v) is 28.2. The van der Waals surface area contributed by atoms with Gasteiger partial charge in [-0.2, -0.15) is 5.10 Å². The van der Waals surface area contributed by atoms with E-state index in [0.717, 1.165) is 105 Å². The molecular weight excluding hydrogens is 986 g/mol. The molecule has 0 bridgehead atoms. The molecule has 2 aromatic carbocycles. The highest BCUT2D eigenvalue weighted by molar-refractivity contribution is 7.92. The lowest BCUT2D eigenvalue weighted by Gasteiger charge is -2.43. The summed E-state index contributed by atoms with van der Waals surface area (Å²) in [5.74, 6) is 2.66. The number of piperazine rings is 1. The fourth-order valence-electron chi connectivity index (χ4n) is 10.9. The van der Waals surface area contributed by atoms with Crippen molar-refractivity contribution in [3.8, 4) is 11.5 Å². The van der Waals surface area contributed by atoms with E-state index in [1.165, 1.54) is 18.5 Å². The summed E-state index contributed by atoms with van der Waals surface area (Å²) < 4.78 is 53.5. The fraction of sp³-hybridized carbons (Fsp3) is 0.518. The van der Waals surface area contributed by atoms with Crippen LogP contribution in [0.4, 0.5) is 27.7 Å². The first-order chi connectivity index (χ1) is 36.3. The normalized spacial score (nSPS) is 20.0. The summed E-state index contributed by atoms with van der Waals surface area (Å²) in [6.45, 7) is 22.4. The van der Waals surface area contributed by atoms with Gasteiger partial charge in [-0.15, -0.1) is 0 Å². The summed E-state index contributed by atoms with van der Waals surface area (Å²) in [5.41, 5.74) is 5.94. The van der Waals surface area contributed by atoms with Crippen LogP contribution >= 0.6 is 0 Å². The smallest absolute Gasteiger partial charge is 0.241 e. The van der Waals surface area contributed by atoms with Crippen LogP contribution in [0.5, 0.6) is 11.5 Å². The van der Waals surface area contributed by atoms with Gasteiger partial charge in [0.15, 0.2) is 21.4 Å². The summed E-state index contributed by atoms with van der Waals surface area (Å²) in [4.78, 5) is 46.6. The van der Waals surface area contributed by atoms with E-state index in [1.54, 1.807) is 57.4 Å². The number of nitrogens with zero attached hydrogens (tertiary/aromatic N) is 10. The zero-order chi connectivity index (χ0) is 53.5. The number of aromatic amines is 1. The number of nitrogens with one attached hydrogen (secondary N) is 3. The van der Waals surface area contributed by atoms with Crippen LogP contribution in [-0.4, -0.2) is 148 Å². The number of hydrogen-bond donors (Lipinski definition) is 3. The zero-order valence-electron chi connectivity index (χ0n) is 45.1. The monoisotopic (exact) mass is 1060 g/mol. The van der Waals surface area contributed by atoms with E-state index in [0.29, 0.717) is 60.4 Å². The Morgan fingerprint density at radius 2 is 1.64 bits per heavy atom. The number of hydrogen-bond acceptors (Lipinski definition) is 16. The Morgan fingerprint density at radius 1 is 0.908 bits per heavy atom. The van der Waals surface area contributed by atoms with Crippen molar-refractivity contribution in [3.05, 3.63) is 101 Å². The number of aromatic nitrogens is 7. The molecule has 404 valence electrons. The highest BCUT2D eigenvalue weighted by atomic mass is 32.2. The number of H-pyrrole nitrogens is 1. The number of rotatable bonds is 15.